The van der Waals surface area contributed by atoms with Crippen molar-refractivity contribution < 1.29 is 4.79 Å². The molecule has 0 aromatic carbocycles. The van der Waals surface area contributed by atoms with Gasteiger partial charge in [0.05, 0.1) is 10.7 Å². The van der Waals surface area contributed by atoms with Crippen LogP contribution >= 0.6 is 36.2 Å². The van der Waals surface area contributed by atoms with Crippen molar-refractivity contribution in [2.24, 2.45) is 0 Å². The summed E-state index contributed by atoms with van der Waals surface area (Å²) in [6, 6.07) is 2.28. The van der Waals surface area contributed by atoms with Crippen LogP contribution < -0.4 is 5.32 Å². The molecule has 3 rings (SSSR count). The van der Waals surface area contributed by atoms with Crippen LogP contribution in [0.2, 0.25) is 0 Å². The van der Waals surface area contributed by atoms with Gasteiger partial charge in [-0.2, -0.15) is 0 Å². The Morgan fingerprint density at radius 2 is 2.08 bits per heavy atom. The maximum absolute atomic E-state index is 12.9. The van der Waals surface area contributed by atoms with Gasteiger partial charge in [0.2, 0.25) is 0 Å². The van der Waals surface area contributed by atoms with Crippen LogP contribution in [-0.4, -0.2) is 46.5 Å². The number of halogens is 2. The van der Waals surface area contributed by atoms with Gasteiger partial charge in [0, 0.05) is 29.7 Å². The molecule has 3 heterocycles. The average Bonchev–Trinajstić information content (AvgIpc) is 3.21. The lowest BCUT2D eigenvalue weighted by atomic mass is 10.0. The second-order valence-electron chi connectivity index (χ2n) is 6.03. The number of carbonyl (C=O) groups excluding carboxylic acids is 1. The van der Waals surface area contributed by atoms with Gasteiger partial charge in [-0.3, -0.25) is 4.79 Å². The van der Waals surface area contributed by atoms with Crippen molar-refractivity contribution in [3.8, 4) is 11.3 Å². The third-order valence-corrected chi connectivity index (χ3v) is 5.08. The predicted octanol–water partition coefficient (Wildman–Crippen LogP) is 3.89. The summed E-state index contributed by atoms with van der Waals surface area (Å²) in [5.41, 5.74) is 2.59. The fourth-order valence-corrected chi connectivity index (χ4v) is 3.75. The number of H-pyrrole nitrogens is 1. The predicted molar refractivity (Wildman–Crippen MR) is 108 cm³/mol. The van der Waals surface area contributed by atoms with E-state index in [-0.39, 0.29) is 30.7 Å². The number of aromatic amines is 1. The van der Waals surface area contributed by atoms with Gasteiger partial charge < -0.3 is 15.2 Å². The zero-order valence-electron chi connectivity index (χ0n) is 14.6. The molecule has 2 N–H and O–H groups in total. The number of thiazole rings is 1. The Morgan fingerprint density at radius 1 is 1.36 bits per heavy atom. The van der Waals surface area contributed by atoms with Crippen molar-refractivity contribution in [1.29, 1.82) is 0 Å². The molecule has 0 spiro atoms. The number of carbonyl (C=O) groups is 1. The Bertz CT molecular complexity index is 667. The third kappa shape index (κ3) is 5.20. The van der Waals surface area contributed by atoms with Crippen molar-refractivity contribution in [3.05, 3.63) is 28.3 Å². The molecule has 8 heteroatoms. The van der Waals surface area contributed by atoms with Gasteiger partial charge >= 0.3 is 0 Å². The van der Waals surface area contributed by atoms with Gasteiger partial charge in [-0.15, -0.1) is 36.2 Å². The summed E-state index contributed by atoms with van der Waals surface area (Å²) in [7, 11) is 0. The first-order valence-electron chi connectivity index (χ1n) is 8.31. The van der Waals surface area contributed by atoms with Crippen molar-refractivity contribution in [1.82, 2.24) is 20.2 Å². The first-order chi connectivity index (χ1) is 11.2. The van der Waals surface area contributed by atoms with E-state index in [0.29, 0.717) is 11.7 Å². The molecule has 0 radical (unpaired) electrons. The summed E-state index contributed by atoms with van der Waals surface area (Å²) in [5, 5.41) is 6.43. The lowest BCUT2D eigenvalue weighted by molar-refractivity contribution is 0.0637. The Kier molecular flexibility index (Phi) is 8.93. The molecule has 1 saturated heterocycles. The number of nitrogens with zero attached hydrogens (tertiary/aromatic N) is 2. The highest BCUT2D eigenvalue weighted by Crippen LogP contribution is 2.24. The van der Waals surface area contributed by atoms with E-state index < -0.39 is 0 Å². The second kappa shape index (κ2) is 10.2. The smallest absolute Gasteiger partial charge is 0.270 e. The molecular formula is C17H26Cl2N4OS. The van der Waals surface area contributed by atoms with Crippen LogP contribution in [0.25, 0.3) is 11.3 Å². The van der Waals surface area contributed by atoms with Gasteiger partial charge in [0.15, 0.2) is 0 Å². The Balaban J connectivity index is 0.00000156. The zero-order chi connectivity index (χ0) is 16.2. The summed E-state index contributed by atoms with van der Waals surface area (Å²) >= 11 is 1.63. The first-order valence-corrected chi connectivity index (χ1v) is 9.19. The molecule has 1 aliphatic rings. The third-order valence-electron chi connectivity index (χ3n) is 4.30. The Labute approximate surface area is 165 Å². The highest BCUT2D eigenvalue weighted by Gasteiger charge is 2.26. The quantitative estimate of drug-likeness (QED) is 0.793. The van der Waals surface area contributed by atoms with Crippen molar-refractivity contribution in [2.45, 2.75) is 39.2 Å². The highest BCUT2D eigenvalue weighted by atomic mass is 35.5. The van der Waals surface area contributed by atoms with Gasteiger partial charge in [-0.25, -0.2) is 4.98 Å². The molecule has 0 aliphatic carbocycles. The van der Waals surface area contributed by atoms with Gasteiger partial charge in [0.25, 0.3) is 5.91 Å². The fourth-order valence-electron chi connectivity index (χ4n) is 3.13. The molecule has 0 saturated carbocycles. The summed E-state index contributed by atoms with van der Waals surface area (Å²) in [5.74, 6) is 0.108. The van der Waals surface area contributed by atoms with E-state index in [9.17, 15) is 4.79 Å². The molecule has 5 nitrogen and oxygen atoms in total. The van der Waals surface area contributed by atoms with Crippen LogP contribution in [0, 0.1) is 6.92 Å². The van der Waals surface area contributed by atoms with Crippen LogP contribution in [-0.2, 0) is 0 Å². The van der Waals surface area contributed by atoms with E-state index in [1.54, 1.807) is 11.3 Å². The number of hydrogen-bond donors (Lipinski definition) is 2. The molecule has 1 aliphatic heterocycles. The normalized spacial score (nSPS) is 14.5. The van der Waals surface area contributed by atoms with Crippen molar-refractivity contribution in [2.75, 3.05) is 19.6 Å². The van der Waals surface area contributed by atoms with Crippen LogP contribution in [0.15, 0.2) is 17.6 Å². The van der Waals surface area contributed by atoms with Crippen LogP contribution in [0.5, 0.6) is 0 Å². The Morgan fingerprint density at radius 3 is 2.68 bits per heavy atom. The first kappa shape index (κ1) is 22.0. The number of piperidine rings is 1. The maximum atomic E-state index is 12.9. The molecule has 1 fully saturated rings. The monoisotopic (exact) mass is 404 g/mol. The second-order valence-corrected chi connectivity index (χ2v) is 7.10. The maximum Gasteiger partial charge on any atom is 0.270 e. The molecule has 25 heavy (non-hydrogen) atoms. The van der Waals surface area contributed by atoms with Crippen LogP contribution in [0.1, 0.15) is 41.7 Å². The summed E-state index contributed by atoms with van der Waals surface area (Å²) in [6.07, 6.45) is 4.93. The lowest BCUT2D eigenvalue weighted by Gasteiger charge is -2.34. The molecule has 140 valence electrons. The number of aryl methyl sites for hydroxylation is 1. The standard InChI is InChI=1S/C17H24N4OS.2ClH/c1-3-8-21(14-4-6-18-7-5-14)17(22)15-9-13(10-19-15)16-11-23-12(2)20-16;;/h9-11,14,18-19H,3-8H2,1-2H3;2*1H. The van der Waals surface area contributed by atoms with E-state index >= 15 is 0 Å². The Hall–Kier alpha value is -1.08. The lowest BCUT2D eigenvalue weighted by Crippen LogP contribution is -2.46. The van der Waals surface area contributed by atoms with Gasteiger partial charge in [-0.1, -0.05) is 6.92 Å². The van der Waals surface area contributed by atoms with E-state index in [2.05, 4.69) is 22.2 Å². The SMILES string of the molecule is CCCN(C(=O)c1cc(-c2csc(C)n2)c[nH]1)C1CCNCC1.Cl.Cl. The minimum absolute atomic E-state index is 0. The van der Waals surface area contributed by atoms with Gasteiger partial charge in [0.1, 0.15) is 5.69 Å². The molecule has 1 amide bonds. The number of amides is 1. The summed E-state index contributed by atoms with van der Waals surface area (Å²) in [4.78, 5) is 22.6. The molecule has 2 aromatic rings. The molecule has 0 atom stereocenters. The van der Waals surface area contributed by atoms with E-state index in [4.69, 9.17) is 0 Å². The van der Waals surface area contributed by atoms with Crippen molar-refractivity contribution in [3.63, 3.8) is 0 Å². The average molecular weight is 405 g/mol. The minimum Gasteiger partial charge on any atom is -0.357 e. The summed E-state index contributed by atoms with van der Waals surface area (Å²) in [6.45, 7) is 6.92. The highest BCUT2D eigenvalue weighted by molar-refractivity contribution is 7.09. The largest absolute Gasteiger partial charge is 0.357 e. The zero-order valence-corrected chi connectivity index (χ0v) is 17.0. The molecule has 2 aromatic heterocycles. The van der Waals surface area contributed by atoms with Crippen LogP contribution in [0.3, 0.4) is 0 Å². The van der Waals surface area contributed by atoms with Crippen LogP contribution in [0.4, 0.5) is 0 Å². The van der Waals surface area contributed by atoms with Crippen molar-refractivity contribution >= 4 is 42.1 Å². The molecule has 0 bridgehead atoms. The number of rotatable bonds is 5. The van der Waals surface area contributed by atoms with E-state index in [0.717, 1.165) is 55.2 Å². The summed E-state index contributed by atoms with van der Waals surface area (Å²) < 4.78 is 0. The topological polar surface area (TPSA) is 61.0 Å². The number of nitrogens with one attached hydrogen (secondary N) is 2. The number of aromatic nitrogens is 2. The molecular weight excluding hydrogens is 379 g/mol. The number of hydrogen-bond acceptors (Lipinski definition) is 4. The minimum atomic E-state index is 0. The fraction of sp³-hybridized carbons (Fsp3) is 0.529. The van der Waals surface area contributed by atoms with E-state index in [1.807, 2.05) is 29.5 Å². The molecule has 0 unspecified atom stereocenters. The van der Waals surface area contributed by atoms with E-state index in [1.165, 1.54) is 0 Å². The van der Waals surface area contributed by atoms with Gasteiger partial charge in [-0.05, 0) is 45.3 Å².